The van der Waals surface area contributed by atoms with E-state index in [1.807, 2.05) is 4.90 Å². The van der Waals surface area contributed by atoms with Gasteiger partial charge in [0.2, 0.25) is 5.91 Å². The van der Waals surface area contributed by atoms with Crippen molar-refractivity contribution in [1.29, 1.82) is 0 Å². The molecule has 0 aromatic carbocycles. The molecular weight excluding hydrogens is 194 g/mol. The Morgan fingerprint density at radius 2 is 2.40 bits per heavy atom. The molecular formula is C11H19NO3. The Bertz CT molecular complexity index is 244. The van der Waals surface area contributed by atoms with Crippen molar-refractivity contribution in [2.45, 2.75) is 32.0 Å². The molecule has 86 valence electrons. The van der Waals surface area contributed by atoms with E-state index in [0.29, 0.717) is 18.1 Å². The normalized spacial score (nSPS) is 35.3. The number of hydrogen-bond acceptors (Lipinski definition) is 3. The molecule has 15 heavy (non-hydrogen) atoms. The SMILES string of the molecule is COCC(=O)N1CC[C@H]2O[C@@H](C)C[C@H]2C1. The van der Waals surface area contributed by atoms with E-state index in [0.717, 1.165) is 25.9 Å². The molecule has 4 heteroatoms. The highest BCUT2D eigenvalue weighted by Gasteiger charge is 2.38. The summed E-state index contributed by atoms with van der Waals surface area (Å²) in [7, 11) is 1.56. The van der Waals surface area contributed by atoms with Crippen LogP contribution in [0.3, 0.4) is 0 Å². The fourth-order valence-corrected chi connectivity index (χ4v) is 2.64. The highest BCUT2D eigenvalue weighted by Crippen LogP contribution is 2.32. The van der Waals surface area contributed by atoms with Gasteiger partial charge in [-0.3, -0.25) is 4.79 Å². The third-order valence-corrected chi connectivity index (χ3v) is 3.33. The minimum Gasteiger partial charge on any atom is -0.375 e. The van der Waals surface area contributed by atoms with E-state index in [1.165, 1.54) is 0 Å². The number of likely N-dealkylation sites (tertiary alicyclic amines) is 1. The molecule has 2 saturated heterocycles. The number of methoxy groups -OCH3 is 1. The molecule has 0 unspecified atom stereocenters. The maximum Gasteiger partial charge on any atom is 0.248 e. The van der Waals surface area contributed by atoms with Crippen molar-refractivity contribution in [3.63, 3.8) is 0 Å². The zero-order valence-electron chi connectivity index (χ0n) is 9.44. The number of fused-ring (bicyclic) bond motifs is 1. The summed E-state index contributed by atoms with van der Waals surface area (Å²) in [6.45, 7) is 3.97. The van der Waals surface area contributed by atoms with Crippen LogP contribution in [-0.2, 0) is 14.3 Å². The van der Waals surface area contributed by atoms with Gasteiger partial charge in [0.25, 0.3) is 0 Å². The van der Waals surface area contributed by atoms with E-state index in [1.54, 1.807) is 7.11 Å². The Kier molecular flexibility index (Phi) is 3.26. The molecule has 2 rings (SSSR count). The molecule has 1 amide bonds. The summed E-state index contributed by atoms with van der Waals surface area (Å²) in [4.78, 5) is 13.5. The minimum atomic E-state index is 0.107. The Labute approximate surface area is 90.5 Å². The molecule has 0 bridgehead atoms. The maximum atomic E-state index is 11.6. The third-order valence-electron chi connectivity index (χ3n) is 3.33. The summed E-state index contributed by atoms with van der Waals surface area (Å²) in [5, 5.41) is 0. The Balaban J connectivity index is 1.89. The molecule has 3 atom stereocenters. The summed E-state index contributed by atoms with van der Waals surface area (Å²) >= 11 is 0. The van der Waals surface area contributed by atoms with Gasteiger partial charge in [0.1, 0.15) is 6.61 Å². The highest BCUT2D eigenvalue weighted by atomic mass is 16.5. The predicted octanol–water partition coefficient (Wildman–Crippen LogP) is 0.659. The summed E-state index contributed by atoms with van der Waals surface area (Å²) in [6, 6.07) is 0. The second kappa shape index (κ2) is 4.49. The molecule has 0 aliphatic carbocycles. The van der Waals surface area contributed by atoms with Gasteiger partial charge >= 0.3 is 0 Å². The zero-order chi connectivity index (χ0) is 10.8. The van der Waals surface area contributed by atoms with Crippen LogP contribution in [0.25, 0.3) is 0 Å². The van der Waals surface area contributed by atoms with E-state index in [-0.39, 0.29) is 12.5 Å². The lowest BCUT2D eigenvalue weighted by molar-refractivity contribution is -0.138. The van der Waals surface area contributed by atoms with Gasteiger partial charge < -0.3 is 14.4 Å². The van der Waals surface area contributed by atoms with Gasteiger partial charge in [0.15, 0.2) is 0 Å². The van der Waals surface area contributed by atoms with Crippen LogP contribution in [0, 0.1) is 5.92 Å². The van der Waals surface area contributed by atoms with E-state index in [9.17, 15) is 4.79 Å². The average molecular weight is 213 g/mol. The lowest BCUT2D eigenvalue weighted by Gasteiger charge is -2.33. The number of ether oxygens (including phenoxy) is 2. The monoisotopic (exact) mass is 213 g/mol. The summed E-state index contributed by atoms with van der Waals surface area (Å²) in [6.07, 6.45) is 2.80. The van der Waals surface area contributed by atoms with Crippen LogP contribution in [0.2, 0.25) is 0 Å². The van der Waals surface area contributed by atoms with Gasteiger partial charge in [0.05, 0.1) is 12.2 Å². The fraction of sp³-hybridized carbons (Fsp3) is 0.909. The number of nitrogens with zero attached hydrogens (tertiary/aromatic N) is 1. The molecule has 0 spiro atoms. The lowest BCUT2D eigenvalue weighted by atomic mass is 9.93. The van der Waals surface area contributed by atoms with Crippen molar-refractivity contribution in [1.82, 2.24) is 4.90 Å². The molecule has 0 N–H and O–H groups in total. The van der Waals surface area contributed by atoms with Crippen LogP contribution >= 0.6 is 0 Å². The number of carbonyl (C=O) groups excluding carboxylic acids is 1. The lowest BCUT2D eigenvalue weighted by Crippen LogP contribution is -2.45. The van der Waals surface area contributed by atoms with Gasteiger partial charge in [-0.2, -0.15) is 0 Å². The van der Waals surface area contributed by atoms with Crippen molar-refractivity contribution in [2.24, 2.45) is 5.92 Å². The standard InChI is InChI=1S/C11H19NO3/c1-8-5-9-6-12(11(13)7-14-2)4-3-10(9)15-8/h8-10H,3-7H2,1-2H3/t8-,9-,10+/m0/s1. The Morgan fingerprint density at radius 1 is 1.60 bits per heavy atom. The van der Waals surface area contributed by atoms with E-state index >= 15 is 0 Å². The first-order chi connectivity index (χ1) is 7.20. The summed E-state index contributed by atoms with van der Waals surface area (Å²) in [5.41, 5.74) is 0. The molecule has 2 aliphatic rings. The number of piperidine rings is 1. The molecule has 0 radical (unpaired) electrons. The smallest absolute Gasteiger partial charge is 0.248 e. The van der Waals surface area contributed by atoms with Crippen LogP contribution in [0.15, 0.2) is 0 Å². The first-order valence-corrected chi connectivity index (χ1v) is 5.63. The zero-order valence-corrected chi connectivity index (χ0v) is 9.44. The van der Waals surface area contributed by atoms with Gasteiger partial charge in [-0.25, -0.2) is 0 Å². The van der Waals surface area contributed by atoms with Crippen molar-refractivity contribution in [3.05, 3.63) is 0 Å². The van der Waals surface area contributed by atoms with E-state index < -0.39 is 0 Å². The maximum absolute atomic E-state index is 11.6. The summed E-state index contributed by atoms with van der Waals surface area (Å²) < 4.78 is 10.7. The van der Waals surface area contributed by atoms with Crippen LogP contribution < -0.4 is 0 Å². The van der Waals surface area contributed by atoms with Crippen LogP contribution in [0.4, 0.5) is 0 Å². The largest absolute Gasteiger partial charge is 0.375 e. The Hall–Kier alpha value is -0.610. The van der Waals surface area contributed by atoms with Crippen LogP contribution in [-0.4, -0.2) is 49.8 Å². The fourth-order valence-electron chi connectivity index (χ4n) is 2.64. The van der Waals surface area contributed by atoms with E-state index in [4.69, 9.17) is 9.47 Å². The number of rotatable bonds is 2. The van der Waals surface area contributed by atoms with Gasteiger partial charge in [0, 0.05) is 26.1 Å². The second-order valence-electron chi connectivity index (χ2n) is 4.54. The number of carbonyl (C=O) groups is 1. The number of amides is 1. The minimum absolute atomic E-state index is 0.107. The number of hydrogen-bond donors (Lipinski definition) is 0. The van der Waals surface area contributed by atoms with Crippen molar-refractivity contribution in [2.75, 3.05) is 26.8 Å². The molecule has 0 saturated carbocycles. The first kappa shape index (κ1) is 10.9. The van der Waals surface area contributed by atoms with Gasteiger partial charge in [-0.1, -0.05) is 0 Å². The molecule has 0 aromatic rings. The highest BCUT2D eigenvalue weighted by molar-refractivity contribution is 5.77. The molecule has 0 aromatic heterocycles. The molecule has 2 fully saturated rings. The second-order valence-corrected chi connectivity index (χ2v) is 4.54. The molecule has 2 heterocycles. The molecule has 2 aliphatic heterocycles. The van der Waals surface area contributed by atoms with Crippen LogP contribution in [0.5, 0.6) is 0 Å². The topological polar surface area (TPSA) is 38.8 Å². The average Bonchev–Trinajstić information content (AvgIpc) is 2.57. The van der Waals surface area contributed by atoms with E-state index in [2.05, 4.69) is 6.92 Å². The quantitative estimate of drug-likeness (QED) is 0.676. The van der Waals surface area contributed by atoms with Crippen molar-refractivity contribution >= 4 is 5.91 Å². The van der Waals surface area contributed by atoms with Crippen molar-refractivity contribution < 1.29 is 14.3 Å². The summed E-state index contributed by atoms with van der Waals surface area (Å²) in [5.74, 6) is 0.644. The molecule has 4 nitrogen and oxygen atoms in total. The van der Waals surface area contributed by atoms with Gasteiger partial charge in [-0.05, 0) is 19.8 Å². The van der Waals surface area contributed by atoms with Gasteiger partial charge in [-0.15, -0.1) is 0 Å². The van der Waals surface area contributed by atoms with Crippen molar-refractivity contribution in [3.8, 4) is 0 Å². The first-order valence-electron chi connectivity index (χ1n) is 5.63. The Morgan fingerprint density at radius 3 is 3.13 bits per heavy atom. The predicted molar refractivity (Wildman–Crippen MR) is 55.5 cm³/mol. The third kappa shape index (κ3) is 2.32. The van der Waals surface area contributed by atoms with Crippen LogP contribution in [0.1, 0.15) is 19.8 Å².